The molecular weight excluding hydrogens is 1510 g/mol. The van der Waals surface area contributed by atoms with Crippen molar-refractivity contribution in [1.82, 2.24) is 0 Å². The van der Waals surface area contributed by atoms with Gasteiger partial charge in [-0.2, -0.15) is 0 Å². The first-order valence-electron chi connectivity index (χ1n) is 33.5. The Morgan fingerprint density at radius 3 is 1.54 bits per heavy atom. The highest BCUT2D eigenvalue weighted by molar-refractivity contribution is 5.93. The number of hydrogen-bond acceptors (Lipinski definition) is 31. The van der Waals surface area contributed by atoms with Crippen molar-refractivity contribution in [3.63, 3.8) is 0 Å². The second-order valence-corrected chi connectivity index (χ2v) is 25.7. The van der Waals surface area contributed by atoms with E-state index in [1.807, 2.05) is 0 Å². The van der Waals surface area contributed by atoms with Crippen LogP contribution in [0.15, 0.2) is 170 Å². The van der Waals surface area contributed by atoms with Gasteiger partial charge in [0.05, 0.1) is 16.7 Å². The van der Waals surface area contributed by atoms with E-state index in [4.69, 9.17) is 38.4 Å². The number of hydrogen-bond donors (Lipinski definition) is 22. The van der Waals surface area contributed by atoms with Gasteiger partial charge >= 0.3 is 23.9 Å². The first-order valence-corrected chi connectivity index (χ1v) is 33.5. The van der Waals surface area contributed by atoms with Gasteiger partial charge in [0.15, 0.2) is 69.4 Å². The van der Waals surface area contributed by atoms with Gasteiger partial charge in [-0.25, -0.2) is 19.2 Å². The Hall–Kier alpha value is -16.0. The van der Waals surface area contributed by atoms with Crippen LogP contribution in [0, 0.1) is 34.6 Å². The second kappa shape index (κ2) is 34.3. The van der Waals surface area contributed by atoms with Crippen LogP contribution in [0.25, 0.3) is 50.7 Å². The summed E-state index contributed by atoms with van der Waals surface area (Å²) in [6.07, 6.45) is -1.45. The molecule has 22 N–H and O–H groups in total. The summed E-state index contributed by atoms with van der Waals surface area (Å²) in [7, 11) is 0. The first-order chi connectivity index (χ1) is 54.1. The van der Waals surface area contributed by atoms with Crippen LogP contribution in [-0.4, -0.2) is 148 Å². The molecule has 12 aromatic rings. The fourth-order valence-electron chi connectivity index (χ4n) is 11.3. The maximum atomic E-state index is 12.8. The average Bonchev–Trinajstić information content (AvgIpc) is 0.766. The summed E-state index contributed by atoms with van der Waals surface area (Å²) in [5.41, 5.74) is 2.49. The number of carboxylic acid groups (broad SMARTS) is 2. The van der Waals surface area contributed by atoms with Crippen molar-refractivity contribution in [3.8, 4) is 143 Å². The Morgan fingerprint density at radius 2 is 0.991 bits per heavy atom. The Kier molecular flexibility index (Phi) is 24.8. The lowest BCUT2D eigenvalue weighted by Crippen LogP contribution is -2.34. The summed E-state index contributed by atoms with van der Waals surface area (Å²) in [5.74, 6) is -12.2. The molecule has 2 aromatic heterocycles. The lowest BCUT2D eigenvalue weighted by Gasteiger charge is -2.34. The van der Waals surface area contributed by atoms with Crippen LogP contribution in [0.4, 0.5) is 0 Å². The molecule has 33 nitrogen and oxygen atoms in total. The van der Waals surface area contributed by atoms with Crippen LogP contribution in [0.2, 0.25) is 0 Å². The van der Waals surface area contributed by atoms with Gasteiger partial charge in [0.2, 0.25) is 28.5 Å². The summed E-state index contributed by atoms with van der Waals surface area (Å²) in [6.45, 7) is 8.14. The Balaban J connectivity index is 0.000000169. The van der Waals surface area contributed by atoms with E-state index in [9.17, 15) is 126 Å². The van der Waals surface area contributed by atoms with E-state index < -0.39 is 105 Å². The number of aliphatic carboxylic acids is 1. The molecule has 0 saturated heterocycles. The van der Waals surface area contributed by atoms with Crippen LogP contribution in [0.5, 0.6) is 121 Å². The predicted octanol–water partition coefficient (Wildman–Crippen LogP) is 11.5. The molecule has 10 aromatic carbocycles. The number of fused-ring (bicyclic) bond motifs is 3. The average molecular weight is 1580 g/mol. The van der Waals surface area contributed by atoms with Gasteiger partial charge in [-0.05, 0) is 165 Å². The van der Waals surface area contributed by atoms with E-state index in [1.54, 1.807) is 45.0 Å². The lowest BCUT2D eigenvalue weighted by molar-refractivity contribution is -0.160. The molecule has 0 saturated carbocycles. The third kappa shape index (κ3) is 19.2. The van der Waals surface area contributed by atoms with Gasteiger partial charge in [0, 0.05) is 72.0 Å². The number of ether oxygens (including phenoxy) is 3. The molecular formula is C82H70O33. The van der Waals surface area contributed by atoms with Crippen molar-refractivity contribution >= 4 is 51.9 Å². The van der Waals surface area contributed by atoms with Crippen LogP contribution in [0.1, 0.15) is 76.9 Å². The molecule has 3 heterocycles. The summed E-state index contributed by atoms with van der Waals surface area (Å²) >= 11 is 0. The number of phenols is 18. The fourth-order valence-corrected chi connectivity index (χ4v) is 11.3. The normalized spacial score (nSPS) is 12.8. The Morgan fingerprint density at radius 1 is 0.452 bits per heavy atom. The molecule has 1 unspecified atom stereocenters. The number of carbonyl (C=O) groups excluding carboxylic acids is 2. The van der Waals surface area contributed by atoms with E-state index in [0.29, 0.717) is 33.4 Å². The number of aryl methyl sites for hydroxylation is 5. The van der Waals surface area contributed by atoms with E-state index in [0.717, 1.165) is 60.2 Å². The highest BCUT2D eigenvalue weighted by atomic mass is 16.6. The summed E-state index contributed by atoms with van der Waals surface area (Å²) in [6, 6.07) is 31.2. The molecule has 0 fully saturated rings. The minimum absolute atomic E-state index is 0.0324. The zero-order valence-corrected chi connectivity index (χ0v) is 60.5. The van der Waals surface area contributed by atoms with Crippen LogP contribution in [-0.2, 0) is 31.9 Å². The maximum Gasteiger partial charge on any atom is 0.345 e. The number of benzene rings is 10. The minimum atomic E-state index is -1.41. The standard InChI is InChI=1S/C23H20O10.C19H18O7.2C16H12O6.C8H8O4/c1-9-2-11(5-15(26)20(9)29)23(31)33-19-8-13-14(25)6-12(24)7-18(13)32-22(19)10-3-16(27)21(30)17(28)4-10;1-11-2-3-13(9-15(11)21)10-17(19(24)25)26-18(23)7-5-12-4-6-14(20)16(22)8-12;1-7-4-8(2-3-10(7)18)16-15(21)14(20)13-11(19)5-9(17)6-12(13)22-16;1-7-2-3-9(10(18)4-7)16-15(21)14(20)13-11(19)5-8(17)6-12(13)22-16;1-4-2-5(8(11)12)3-6(9)7(4)10/h2-7,19,22,24-30H,8H2,1H3;2-9,17,20-22H,10H2,1H3,(H,24,25);2*2-6,17-19,21H,1H3;2-3,9-10H,1H3,(H,11,12)/b;7-5+;;;/t19?,22-;17-;;;/m11.../s1. The Bertz CT molecular complexity index is 5920. The van der Waals surface area contributed by atoms with Crippen molar-refractivity contribution in [2.24, 2.45) is 0 Å². The van der Waals surface area contributed by atoms with Gasteiger partial charge in [0.25, 0.3) is 0 Å². The van der Waals surface area contributed by atoms with Crippen molar-refractivity contribution in [3.05, 3.63) is 233 Å². The number of rotatable bonds is 12. The number of esters is 2. The summed E-state index contributed by atoms with van der Waals surface area (Å²) < 4.78 is 27.3. The second-order valence-electron chi connectivity index (χ2n) is 25.7. The van der Waals surface area contributed by atoms with Crippen molar-refractivity contribution in [2.75, 3.05) is 0 Å². The molecule has 13 rings (SSSR count). The SMILES string of the molecule is Cc1cc(-c2oc3cc(O)cc(O)c3c(=O)c2O)ccc1O.Cc1cc(C(=O)O)cc(O)c1O.Cc1cc(C(=O)OC2Cc3c(O)cc(O)cc3O[C@@H]2c2cc(O)c(O)c(O)c2)cc(O)c1O.Cc1ccc(-c2oc3cc(O)cc(O)c3c(=O)c2O)c(O)c1.Cc1ccc(C[C@@H](OC(=O)/C=C/c2ccc(O)c(O)c2)C(=O)O)cc1O. The predicted molar refractivity (Wildman–Crippen MR) is 405 cm³/mol. The molecule has 0 amide bonds. The van der Waals surface area contributed by atoms with Crippen molar-refractivity contribution < 1.29 is 155 Å². The molecule has 0 radical (unpaired) electrons. The van der Waals surface area contributed by atoms with Crippen LogP contribution < -0.4 is 15.6 Å². The van der Waals surface area contributed by atoms with Crippen LogP contribution in [0.3, 0.4) is 0 Å². The largest absolute Gasteiger partial charge is 0.508 e. The number of carboxylic acids is 2. The number of aromatic hydroxyl groups is 20. The monoisotopic (exact) mass is 1580 g/mol. The third-order valence-electron chi connectivity index (χ3n) is 17.3. The molecule has 3 atom stereocenters. The molecule has 596 valence electrons. The summed E-state index contributed by atoms with van der Waals surface area (Å²) in [5, 5.41) is 211. The van der Waals surface area contributed by atoms with Gasteiger partial charge in [0.1, 0.15) is 85.5 Å². The molecule has 0 bridgehead atoms. The quantitative estimate of drug-likeness (QED) is 0.0307. The lowest BCUT2D eigenvalue weighted by atomic mass is 9.93. The number of carbonyl (C=O) groups is 4. The van der Waals surface area contributed by atoms with E-state index in [-0.39, 0.29) is 149 Å². The van der Waals surface area contributed by atoms with E-state index in [1.165, 1.54) is 92.7 Å². The number of phenolic OH excluding ortho intramolecular Hbond substituents is 18. The van der Waals surface area contributed by atoms with E-state index in [2.05, 4.69) is 0 Å². The van der Waals surface area contributed by atoms with Gasteiger partial charge < -0.3 is 135 Å². The molecule has 33 heteroatoms. The molecule has 1 aliphatic rings. The summed E-state index contributed by atoms with van der Waals surface area (Å²) in [4.78, 5) is 70.8. The maximum absolute atomic E-state index is 12.8. The smallest absolute Gasteiger partial charge is 0.345 e. The van der Waals surface area contributed by atoms with Gasteiger partial charge in [-0.3, -0.25) is 9.59 Å². The van der Waals surface area contributed by atoms with Gasteiger partial charge in [-0.15, -0.1) is 0 Å². The molecule has 0 spiro atoms. The highest BCUT2D eigenvalue weighted by Gasteiger charge is 2.38. The highest BCUT2D eigenvalue weighted by Crippen LogP contribution is 2.47. The van der Waals surface area contributed by atoms with Crippen molar-refractivity contribution in [1.29, 1.82) is 0 Å². The zero-order valence-electron chi connectivity index (χ0n) is 60.5. The zero-order chi connectivity index (χ0) is 84.6. The topological polar surface area (TPSA) is 601 Å². The third-order valence-corrected chi connectivity index (χ3v) is 17.3. The Labute approximate surface area is 646 Å². The minimum Gasteiger partial charge on any atom is -0.508 e. The molecule has 1 aliphatic heterocycles. The first kappa shape index (κ1) is 83.1. The fraction of sp³-hybridized carbons (Fsp3) is 0.122. The number of aromatic carboxylic acids is 1. The molecule has 0 aliphatic carbocycles. The molecule has 115 heavy (non-hydrogen) atoms. The van der Waals surface area contributed by atoms with E-state index >= 15 is 0 Å². The van der Waals surface area contributed by atoms with Crippen LogP contribution >= 0.6 is 0 Å². The van der Waals surface area contributed by atoms with Gasteiger partial charge in [-0.1, -0.05) is 24.3 Å². The van der Waals surface area contributed by atoms with Crippen molar-refractivity contribution in [2.45, 2.75) is 65.8 Å².